The number of halogens is 3. The molecule has 0 spiro atoms. The molecular formula is C6H9F3N4O3S. The van der Waals surface area contributed by atoms with Crippen LogP contribution in [0.15, 0.2) is 5.16 Å². The van der Waals surface area contributed by atoms with Crippen molar-refractivity contribution in [1.29, 1.82) is 0 Å². The summed E-state index contributed by atoms with van der Waals surface area (Å²) in [6, 6.07) is 0. The summed E-state index contributed by atoms with van der Waals surface area (Å²) >= 11 is 0. The molecule has 2 N–H and O–H groups in total. The molecule has 7 nitrogen and oxygen atoms in total. The zero-order valence-electron chi connectivity index (χ0n) is 8.60. The van der Waals surface area contributed by atoms with Crippen LogP contribution in [0.25, 0.3) is 0 Å². The number of alkyl halides is 3. The third-order valence-corrected chi connectivity index (χ3v) is 2.55. The maximum absolute atomic E-state index is 12.5. The Morgan fingerprint density at radius 2 is 2.00 bits per heavy atom. The highest BCUT2D eigenvalue weighted by atomic mass is 32.2. The van der Waals surface area contributed by atoms with E-state index in [0.29, 0.717) is 4.57 Å². The van der Waals surface area contributed by atoms with E-state index in [9.17, 15) is 21.6 Å². The van der Waals surface area contributed by atoms with Gasteiger partial charge in [0.2, 0.25) is 5.82 Å². The van der Waals surface area contributed by atoms with Crippen LogP contribution in [0.3, 0.4) is 0 Å². The summed E-state index contributed by atoms with van der Waals surface area (Å²) in [4.78, 5) is 0. The Morgan fingerprint density at radius 1 is 1.41 bits per heavy atom. The van der Waals surface area contributed by atoms with E-state index in [1.807, 2.05) is 0 Å². The highest BCUT2D eigenvalue weighted by Crippen LogP contribution is 2.28. The van der Waals surface area contributed by atoms with Crippen molar-refractivity contribution in [1.82, 2.24) is 14.8 Å². The van der Waals surface area contributed by atoms with Gasteiger partial charge in [0.25, 0.3) is 15.2 Å². The zero-order valence-corrected chi connectivity index (χ0v) is 9.42. The van der Waals surface area contributed by atoms with Crippen molar-refractivity contribution >= 4 is 10.0 Å². The highest BCUT2D eigenvalue weighted by Gasteiger charge is 2.39. The van der Waals surface area contributed by atoms with Crippen LogP contribution in [0.2, 0.25) is 0 Å². The first-order valence-corrected chi connectivity index (χ1v) is 5.74. The second kappa shape index (κ2) is 4.58. The molecule has 0 saturated heterocycles. The van der Waals surface area contributed by atoms with E-state index in [0.717, 1.165) is 0 Å². The van der Waals surface area contributed by atoms with E-state index in [4.69, 9.17) is 5.14 Å². The molecule has 0 fully saturated rings. The summed E-state index contributed by atoms with van der Waals surface area (Å²) in [5, 5.41) is 9.50. The molecule has 0 bridgehead atoms. The number of nitrogens with two attached hydrogens (primary N) is 1. The van der Waals surface area contributed by atoms with E-state index in [1.54, 1.807) is 0 Å². The number of primary sulfonamides is 1. The van der Waals surface area contributed by atoms with Gasteiger partial charge in [0.15, 0.2) is 0 Å². The quantitative estimate of drug-likeness (QED) is 0.804. The van der Waals surface area contributed by atoms with Crippen LogP contribution in [0.4, 0.5) is 13.2 Å². The fourth-order valence-corrected chi connectivity index (χ4v) is 1.73. The first-order valence-electron chi connectivity index (χ1n) is 4.20. The fourth-order valence-electron chi connectivity index (χ4n) is 1.09. The van der Waals surface area contributed by atoms with Gasteiger partial charge in [-0.15, -0.1) is 10.2 Å². The monoisotopic (exact) mass is 274 g/mol. The van der Waals surface area contributed by atoms with E-state index < -0.39 is 27.2 Å². The molecule has 1 rings (SSSR count). The smallest absolute Gasteiger partial charge is 0.383 e. The van der Waals surface area contributed by atoms with Gasteiger partial charge in [-0.05, 0) is 0 Å². The Kier molecular flexibility index (Phi) is 3.74. The minimum absolute atomic E-state index is 0.135. The number of hydrogen-bond acceptors (Lipinski definition) is 5. The van der Waals surface area contributed by atoms with Crippen LogP contribution in [0, 0.1) is 0 Å². The summed E-state index contributed by atoms with van der Waals surface area (Å²) < 4.78 is 64.4. The third-order valence-electron chi connectivity index (χ3n) is 1.74. The van der Waals surface area contributed by atoms with Crippen LogP contribution in [0.1, 0.15) is 5.82 Å². The van der Waals surface area contributed by atoms with Crippen LogP contribution >= 0.6 is 0 Å². The van der Waals surface area contributed by atoms with Crippen molar-refractivity contribution in [2.75, 3.05) is 13.7 Å². The molecule has 1 heterocycles. The number of ether oxygens (including phenoxy) is 1. The SMILES string of the molecule is COCCn1c(C(F)(F)F)nnc1S(N)(=O)=O. The molecule has 17 heavy (non-hydrogen) atoms. The lowest BCUT2D eigenvalue weighted by molar-refractivity contribution is -0.148. The topological polar surface area (TPSA) is 100 Å². The maximum Gasteiger partial charge on any atom is 0.451 e. The predicted octanol–water partition coefficient (Wildman–Crippen LogP) is -0.409. The average Bonchev–Trinajstić information content (AvgIpc) is 2.56. The second-order valence-electron chi connectivity index (χ2n) is 2.99. The first kappa shape index (κ1) is 13.9. The Morgan fingerprint density at radius 3 is 2.41 bits per heavy atom. The van der Waals surface area contributed by atoms with E-state index in [1.165, 1.54) is 7.11 Å². The van der Waals surface area contributed by atoms with Crippen molar-refractivity contribution in [2.45, 2.75) is 17.9 Å². The van der Waals surface area contributed by atoms with Gasteiger partial charge in [-0.2, -0.15) is 13.2 Å². The van der Waals surface area contributed by atoms with E-state index in [2.05, 4.69) is 14.9 Å². The summed E-state index contributed by atoms with van der Waals surface area (Å²) in [6.45, 7) is -0.506. The van der Waals surface area contributed by atoms with Gasteiger partial charge in [0, 0.05) is 7.11 Å². The van der Waals surface area contributed by atoms with Gasteiger partial charge in [0.1, 0.15) is 0 Å². The maximum atomic E-state index is 12.5. The molecule has 0 aliphatic rings. The lowest BCUT2D eigenvalue weighted by atomic mass is 10.5. The predicted molar refractivity (Wildman–Crippen MR) is 48.3 cm³/mol. The standard InChI is InChI=1S/C6H9F3N4O3S/c1-16-3-2-13-4(6(7,8)9)11-12-5(13)17(10,14)15/h2-3H2,1H3,(H2,10,14,15). The molecule has 0 aromatic carbocycles. The largest absolute Gasteiger partial charge is 0.451 e. The molecule has 0 amide bonds. The Hall–Kier alpha value is -1.20. The van der Waals surface area contributed by atoms with Crippen molar-refractivity contribution in [3.63, 3.8) is 0 Å². The van der Waals surface area contributed by atoms with Crippen LogP contribution in [-0.4, -0.2) is 36.9 Å². The summed E-state index contributed by atoms with van der Waals surface area (Å²) in [7, 11) is -3.11. The lowest BCUT2D eigenvalue weighted by Gasteiger charge is -2.10. The van der Waals surface area contributed by atoms with Gasteiger partial charge < -0.3 is 4.74 Å². The first-order chi connectivity index (χ1) is 7.68. The number of sulfonamides is 1. The normalized spacial score (nSPS) is 13.0. The van der Waals surface area contributed by atoms with E-state index in [-0.39, 0.29) is 13.2 Å². The molecule has 0 aliphatic carbocycles. The summed E-state index contributed by atoms with van der Waals surface area (Å²) in [5.41, 5.74) is 0. The minimum Gasteiger partial charge on any atom is -0.383 e. The van der Waals surface area contributed by atoms with Crippen molar-refractivity contribution in [3.05, 3.63) is 5.82 Å². The lowest BCUT2D eigenvalue weighted by Crippen LogP contribution is -2.23. The van der Waals surface area contributed by atoms with Gasteiger partial charge in [-0.3, -0.25) is 4.57 Å². The number of methoxy groups -OCH3 is 1. The molecule has 11 heteroatoms. The highest BCUT2D eigenvalue weighted by molar-refractivity contribution is 7.89. The Bertz CT molecular complexity index is 495. The van der Waals surface area contributed by atoms with Gasteiger partial charge >= 0.3 is 6.18 Å². The average molecular weight is 274 g/mol. The second-order valence-corrected chi connectivity index (χ2v) is 4.45. The van der Waals surface area contributed by atoms with Gasteiger partial charge in [0.05, 0.1) is 13.2 Å². The fraction of sp³-hybridized carbons (Fsp3) is 0.667. The third kappa shape index (κ3) is 3.14. The van der Waals surface area contributed by atoms with Crippen molar-refractivity contribution in [2.24, 2.45) is 5.14 Å². The molecule has 0 saturated carbocycles. The van der Waals surface area contributed by atoms with Crippen LogP contribution < -0.4 is 5.14 Å². The molecular weight excluding hydrogens is 265 g/mol. The van der Waals surface area contributed by atoms with Crippen molar-refractivity contribution in [3.8, 4) is 0 Å². The number of rotatable bonds is 4. The molecule has 0 unspecified atom stereocenters. The zero-order chi connectivity index (χ0) is 13.3. The van der Waals surface area contributed by atoms with Gasteiger partial charge in [-0.25, -0.2) is 13.6 Å². The molecule has 0 radical (unpaired) electrons. The Balaban J connectivity index is 3.30. The number of aromatic nitrogens is 3. The molecule has 1 aromatic heterocycles. The summed E-state index contributed by atoms with van der Waals surface area (Å²) in [6.07, 6.45) is -4.82. The number of hydrogen-bond donors (Lipinski definition) is 1. The molecule has 98 valence electrons. The minimum atomic E-state index is -4.82. The molecule has 1 aromatic rings. The Labute approximate surface area is 94.4 Å². The van der Waals surface area contributed by atoms with Crippen molar-refractivity contribution < 1.29 is 26.3 Å². The molecule has 0 aliphatic heterocycles. The summed E-state index contributed by atoms with van der Waals surface area (Å²) in [5.74, 6) is -1.43. The van der Waals surface area contributed by atoms with Crippen LogP contribution in [0.5, 0.6) is 0 Å². The van der Waals surface area contributed by atoms with E-state index >= 15 is 0 Å². The van der Waals surface area contributed by atoms with Crippen LogP contribution in [-0.2, 0) is 27.5 Å². The number of nitrogens with zero attached hydrogens (tertiary/aromatic N) is 3. The van der Waals surface area contributed by atoms with Gasteiger partial charge in [-0.1, -0.05) is 0 Å². The molecule has 0 atom stereocenters.